The standard InChI is InChI=1S/C22H25BrN6O5S/c1-14-20(23)21-24-18(27-9-7-26(8-10-27)15(2)30)12-19(29(21)25-14)28(22(31)32)13-16-5-4-6-17(11-16)35(3,33)34/h4-6,11-12H,7-10,13H2,1-3H3,(H,31,32). The molecule has 1 N–H and O–H groups in total. The highest BCUT2D eigenvalue weighted by Gasteiger charge is 2.26. The van der Waals surface area contributed by atoms with Gasteiger partial charge in [-0.05, 0) is 40.5 Å². The lowest BCUT2D eigenvalue weighted by atomic mass is 10.2. The zero-order valence-electron chi connectivity index (χ0n) is 19.5. The van der Waals surface area contributed by atoms with Crippen molar-refractivity contribution >= 4 is 55.1 Å². The van der Waals surface area contributed by atoms with Gasteiger partial charge in [-0.3, -0.25) is 9.69 Å². The summed E-state index contributed by atoms with van der Waals surface area (Å²) >= 11 is 3.51. The van der Waals surface area contributed by atoms with Gasteiger partial charge in [0.1, 0.15) is 11.6 Å². The van der Waals surface area contributed by atoms with Crippen LogP contribution in [0.15, 0.2) is 39.7 Å². The van der Waals surface area contributed by atoms with Crippen LogP contribution in [0.25, 0.3) is 5.65 Å². The zero-order chi connectivity index (χ0) is 25.5. The Morgan fingerprint density at radius 1 is 1.17 bits per heavy atom. The summed E-state index contributed by atoms with van der Waals surface area (Å²) in [6, 6.07) is 7.86. The number of carboxylic acid groups (broad SMARTS) is 1. The maximum atomic E-state index is 12.4. The Morgan fingerprint density at radius 2 is 1.86 bits per heavy atom. The van der Waals surface area contributed by atoms with Crippen LogP contribution in [0.2, 0.25) is 0 Å². The van der Waals surface area contributed by atoms with Crippen LogP contribution >= 0.6 is 15.9 Å². The van der Waals surface area contributed by atoms with Crippen molar-refractivity contribution in [1.82, 2.24) is 19.5 Å². The number of sulfone groups is 1. The monoisotopic (exact) mass is 564 g/mol. The van der Waals surface area contributed by atoms with E-state index < -0.39 is 15.9 Å². The minimum Gasteiger partial charge on any atom is -0.465 e. The Hall–Kier alpha value is -3.19. The second-order valence-electron chi connectivity index (χ2n) is 8.39. The second-order valence-corrected chi connectivity index (χ2v) is 11.2. The van der Waals surface area contributed by atoms with Crippen molar-refractivity contribution in [3.05, 3.63) is 46.1 Å². The molecule has 3 aromatic rings. The smallest absolute Gasteiger partial charge is 0.413 e. The number of nitrogens with zero attached hydrogens (tertiary/aromatic N) is 6. The summed E-state index contributed by atoms with van der Waals surface area (Å²) in [5.41, 5.74) is 1.61. The normalized spacial score (nSPS) is 14.4. The predicted octanol–water partition coefficient (Wildman–Crippen LogP) is 2.56. The molecule has 0 spiro atoms. The predicted molar refractivity (Wildman–Crippen MR) is 134 cm³/mol. The second kappa shape index (κ2) is 9.46. The summed E-state index contributed by atoms with van der Waals surface area (Å²) in [6.45, 7) is 5.41. The Bertz CT molecular complexity index is 1420. The summed E-state index contributed by atoms with van der Waals surface area (Å²) in [5, 5.41) is 14.6. The average molecular weight is 565 g/mol. The Kier molecular flexibility index (Phi) is 6.73. The summed E-state index contributed by atoms with van der Waals surface area (Å²) in [4.78, 5) is 33.8. The molecule has 1 aliphatic rings. The molecule has 0 radical (unpaired) electrons. The highest BCUT2D eigenvalue weighted by Crippen LogP contribution is 2.30. The average Bonchev–Trinajstić information content (AvgIpc) is 3.10. The van der Waals surface area contributed by atoms with Crippen LogP contribution in [-0.2, 0) is 21.2 Å². The molecule has 0 unspecified atom stereocenters. The van der Waals surface area contributed by atoms with Gasteiger partial charge < -0.3 is 14.9 Å². The van der Waals surface area contributed by atoms with Gasteiger partial charge in [0.2, 0.25) is 5.91 Å². The fourth-order valence-electron chi connectivity index (χ4n) is 3.98. The maximum Gasteiger partial charge on any atom is 0.413 e. The van der Waals surface area contributed by atoms with Crippen molar-refractivity contribution in [2.45, 2.75) is 25.3 Å². The number of carbonyl (C=O) groups is 2. The molecule has 186 valence electrons. The molecule has 35 heavy (non-hydrogen) atoms. The zero-order valence-corrected chi connectivity index (χ0v) is 21.9. The number of fused-ring (bicyclic) bond motifs is 1. The molecule has 13 heteroatoms. The number of anilines is 2. The molecule has 2 aromatic heterocycles. The number of aryl methyl sites for hydroxylation is 1. The molecule has 11 nitrogen and oxygen atoms in total. The minimum atomic E-state index is -3.45. The van der Waals surface area contributed by atoms with E-state index in [9.17, 15) is 23.1 Å². The third-order valence-corrected chi connectivity index (χ3v) is 7.92. The van der Waals surface area contributed by atoms with Crippen LogP contribution in [0, 0.1) is 6.92 Å². The third-order valence-electron chi connectivity index (χ3n) is 5.88. The molecular weight excluding hydrogens is 540 g/mol. The number of benzene rings is 1. The van der Waals surface area contributed by atoms with E-state index in [1.54, 1.807) is 30.0 Å². The van der Waals surface area contributed by atoms with Gasteiger partial charge in [-0.1, -0.05) is 12.1 Å². The molecule has 3 heterocycles. The molecule has 1 aromatic carbocycles. The molecule has 0 bridgehead atoms. The van der Waals surface area contributed by atoms with Gasteiger partial charge in [0.25, 0.3) is 0 Å². The van der Waals surface area contributed by atoms with Crippen molar-refractivity contribution in [3.8, 4) is 0 Å². The number of halogens is 1. The van der Waals surface area contributed by atoms with Crippen LogP contribution in [0.3, 0.4) is 0 Å². The van der Waals surface area contributed by atoms with Crippen LogP contribution in [0.5, 0.6) is 0 Å². The minimum absolute atomic E-state index is 0.0104. The summed E-state index contributed by atoms with van der Waals surface area (Å²) in [7, 11) is -3.45. The Balaban J connectivity index is 1.78. The number of carbonyl (C=O) groups excluding carboxylic acids is 1. The first kappa shape index (κ1) is 24.9. The van der Waals surface area contributed by atoms with Crippen molar-refractivity contribution in [2.75, 3.05) is 42.2 Å². The van der Waals surface area contributed by atoms with E-state index in [-0.39, 0.29) is 23.2 Å². The lowest BCUT2D eigenvalue weighted by molar-refractivity contribution is -0.129. The van der Waals surface area contributed by atoms with Gasteiger partial charge in [-0.2, -0.15) is 9.61 Å². The van der Waals surface area contributed by atoms with Crippen molar-refractivity contribution < 1.29 is 23.1 Å². The van der Waals surface area contributed by atoms with Crippen molar-refractivity contribution in [3.63, 3.8) is 0 Å². The topological polar surface area (TPSA) is 128 Å². The van der Waals surface area contributed by atoms with E-state index in [0.717, 1.165) is 11.2 Å². The Morgan fingerprint density at radius 3 is 2.46 bits per heavy atom. The molecule has 1 saturated heterocycles. The van der Waals surface area contributed by atoms with E-state index >= 15 is 0 Å². The lowest BCUT2D eigenvalue weighted by Gasteiger charge is -2.35. The fraction of sp³-hybridized carbons (Fsp3) is 0.364. The Labute approximate surface area is 211 Å². The highest BCUT2D eigenvalue weighted by molar-refractivity contribution is 9.10. The summed E-state index contributed by atoms with van der Waals surface area (Å²) in [6.07, 6.45) is -0.116. The first-order chi connectivity index (χ1) is 16.5. The van der Waals surface area contributed by atoms with Crippen LogP contribution < -0.4 is 9.80 Å². The quantitative estimate of drug-likeness (QED) is 0.500. The number of hydrogen-bond donors (Lipinski definition) is 1. The lowest BCUT2D eigenvalue weighted by Crippen LogP contribution is -2.48. The highest BCUT2D eigenvalue weighted by atomic mass is 79.9. The first-order valence-corrected chi connectivity index (χ1v) is 13.5. The molecule has 4 rings (SSSR count). The number of piperazine rings is 1. The van der Waals surface area contributed by atoms with Crippen LogP contribution in [0.4, 0.5) is 16.4 Å². The van der Waals surface area contributed by atoms with E-state index in [1.807, 2.05) is 4.90 Å². The largest absolute Gasteiger partial charge is 0.465 e. The van der Waals surface area contributed by atoms with E-state index in [4.69, 9.17) is 4.98 Å². The molecule has 0 atom stereocenters. The van der Waals surface area contributed by atoms with Gasteiger partial charge in [-0.25, -0.2) is 18.2 Å². The van der Waals surface area contributed by atoms with Crippen molar-refractivity contribution in [1.29, 1.82) is 0 Å². The molecule has 2 amide bonds. The summed E-state index contributed by atoms with van der Waals surface area (Å²) < 4.78 is 26.1. The number of rotatable bonds is 5. The van der Waals surface area contributed by atoms with Gasteiger partial charge in [-0.15, -0.1) is 0 Å². The molecule has 1 fully saturated rings. The maximum absolute atomic E-state index is 12.4. The SMILES string of the molecule is CC(=O)N1CCN(c2cc(N(Cc3cccc(S(C)(=O)=O)c3)C(=O)O)n3nc(C)c(Br)c3n2)CC1. The molecular formula is C22H25BrN6O5S. The first-order valence-electron chi connectivity index (χ1n) is 10.8. The fourth-order valence-corrected chi connectivity index (χ4v) is 5.01. The van der Waals surface area contributed by atoms with Crippen molar-refractivity contribution in [2.24, 2.45) is 0 Å². The van der Waals surface area contributed by atoms with E-state index in [2.05, 4.69) is 21.0 Å². The van der Waals surface area contributed by atoms with Gasteiger partial charge in [0.05, 0.1) is 21.6 Å². The van der Waals surface area contributed by atoms with Gasteiger partial charge in [0.15, 0.2) is 15.5 Å². The number of aromatic nitrogens is 3. The molecule has 0 aliphatic carbocycles. The molecule has 1 aliphatic heterocycles. The third kappa shape index (κ3) is 5.10. The van der Waals surface area contributed by atoms with Gasteiger partial charge in [0, 0.05) is 45.4 Å². The van der Waals surface area contributed by atoms with E-state index in [1.165, 1.54) is 23.6 Å². The van der Waals surface area contributed by atoms with Gasteiger partial charge >= 0.3 is 6.09 Å². The van der Waals surface area contributed by atoms with E-state index in [0.29, 0.717) is 53.4 Å². The number of hydrogen-bond acceptors (Lipinski definition) is 7. The van der Waals surface area contributed by atoms with Crippen LogP contribution in [-0.4, -0.2) is 77.5 Å². The number of amides is 2. The van der Waals surface area contributed by atoms with Crippen LogP contribution in [0.1, 0.15) is 18.2 Å². The summed E-state index contributed by atoms with van der Waals surface area (Å²) in [5.74, 6) is 0.841. The molecule has 0 saturated carbocycles.